The first-order valence-electron chi connectivity index (χ1n) is 32.1. The minimum atomic E-state index is -1.57. The highest BCUT2D eigenvalue weighted by atomic mass is 16.7. The lowest BCUT2D eigenvalue weighted by Gasteiger charge is -2.40. The van der Waals surface area contributed by atoms with Crippen molar-refractivity contribution in [1.82, 2.24) is 5.32 Å². The molecule has 0 aromatic heterocycles. The third-order valence-corrected chi connectivity index (χ3v) is 15.5. The molecule has 7 unspecified atom stereocenters. The van der Waals surface area contributed by atoms with Gasteiger partial charge < -0.3 is 40.3 Å². The van der Waals surface area contributed by atoms with Gasteiger partial charge in [-0.3, -0.25) is 4.79 Å². The molecule has 9 heteroatoms. The van der Waals surface area contributed by atoms with E-state index in [2.05, 4.69) is 31.3 Å². The Balaban J connectivity index is 2.17. The van der Waals surface area contributed by atoms with E-state index in [9.17, 15) is 30.3 Å². The number of nitrogens with one attached hydrogen (secondary N) is 1. The molecule has 7 atom stereocenters. The Morgan fingerprint density at radius 2 is 0.781 bits per heavy atom. The molecule has 0 aromatic rings. The molecule has 1 aliphatic heterocycles. The molecule has 0 bridgehead atoms. The van der Waals surface area contributed by atoms with E-state index >= 15 is 0 Å². The molecule has 1 amide bonds. The van der Waals surface area contributed by atoms with Gasteiger partial charge in [0.05, 0.1) is 25.4 Å². The number of rotatable bonds is 56. The number of aliphatic hydroxyl groups excluding tert-OH is 5. The first kappa shape index (κ1) is 69.7. The van der Waals surface area contributed by atoms with Crippen molar-refractivity contribution in [2.45, 2.75) is 365 Å². The molecule has 0 spiro atoms. The largest absolute Gasteiger partial charge is 0.394 e. The molecule has 1 saturated heterocycles. The number of hydrogen-bond acceptors (Lipinski definition) is 8. The van der Waals surface area contributed by atoms with Crippen LogP contribution in [0.3, 0.4) is 0 Å². The van der Waals surface area contributed by atoms with Crippen LogP contribution < -0.4 is 5.32 Å². The summed E-state index contributed by atoms with van der Waals surface area (Å²) in [4.78, 5) is 13.1. The van der Waals surface area contributed by atoms with Crippen molar-refractivity contribution >= 4 is 5.91 Å². The molecule has 73 heavy (non-hydrogen) atoms. The fourth-order valence-corrected chi connectivity index (χ4v) is 10.5. The summed E-state index contributed by atoms with van der Waals surface area (Å²) >= 11 is 0. The molecule has 9 nitrogen and oxygen atoms in total. The Hall–Kier alpha value is -1.33. The van der Waals surface area contributed by atoms with Gasteiger partial charge in [-0.2, -0.15) is 0 Å². The SMILES string of the molecule is CCCCCCCCCCCCCCCCCCCCCCCCCC/C=C/CC/C=C/C(O)C(COC1OC(CO)C(O)C(O)C1O)NC(=O)CCCCCCCCCCCCCCCCCCCCCC. The van der Waals surface area contributed by atoms with Crippen LogP contribution in [0.4, 0.5) is 0 Å². The zero-order chi connectivity index (χ0) is 52.9. The predicted molar refractivity (Wildman–Crippen MR) is 309 cm³/mol. The molecule has 6 N–H and O–H groups in total. The van der Waals surface area contributed by atoms with E-state index in [0.29, 0.717) is 6.42 Å². The van der Waals surface area contributed by atoms with Gasteiger partial charge in [0.15, 0.2) is 6.29 Å². The molecule has 0 aromatic carbocycles. The summed E-state index contributed by atoms with van der Waals surface area (Å²) in [6.07, 6.45) is 62.7. The highest BCUT2D eigenvalue weighted by Crippen LogP contribution is 2.23. The number of aliphatic hydroxyl groups is 5. The molecule has 1 fully saturated rings. The molecule has 0 radical (unpaired) electrons. The van der Waals surface area contributed by atoms with Crippen LogP contribution in [0.15, 0.2) is 24.3 Å². The molecular weight excluding hydrogens is 911 g/mol. The molecule has 0 aliphatic carbocycles. The average molecular weight is 1030 g/mol. The second-order valence-corrected chi connectivity index (χ2v) is 22.6. The van der Waals surface area contributed by atoms with Crippen molar-refractivity contribution in [2.24, 2.45) is 0 Å². The second kappa shape index (κ2) is 54.0. The maximum atomic E-state index is 13.1. The number of hydrogen-bond donors (Lipinski definition) is 6. The van der Waals surface area contributed by atoms with Crippen molar-refractivity contribution < 1.29 is 39.8 Å². The predicted octanol–water partition coefficient (Wildman–Crippen LogP) is 16.5. The van der Waals surface area contributed by atoms with Crippen LogP contribution in [0, 0.1) is 0 Å². The van der Waals surface area contributed by atoms with E-state index in [1.54, 1.807) is 6.08 Å². The highest BCUT2D eigenvalue weighted by Gasteiger charge is 2.44. The lowest BCUT2D eigenvalue weighted by atomic mass is 9.99. The second-order valence-electron chi connectivity index (χ2n) is 22.6. The van der Waals surface area contributed by atoms with Crippen LogP contribution in [0.2, 0.25) is 0 Å². The maximum absolute atomic E-state index is 13.1. The van der Waals surface area contributed by atoms with Crippen molar-refractivity contribution in [1.29, 1.82) is 0 Å². The number of ether oxygens (including phenoxy) is 2. The van der Waals surface area contributed by atoms with E-state index in [0.717, 1.165) is 38.5 Å². The summed E-state index contributed by atoms with van der Waals surface area (Å²) in [5, 5.41) is 54.6. The van der Waals surface area contributed by atoms with Crippen molar-refractivity contribution in [3.8, 4) is 0 Å². The first-order chi connectivity index (χ1) is 35.8. The summed E-state index contributed by atoms with van der Waals surface area (Å²) in [6.45, 7) is 3.81. The first-order valence-corrected chi connectivity index (χ1v) is 32.1. The van der Waals surface area contributed by atoms with Crippen LogP contribution in [0.1, 0.15) is 322 Å². The average Bonchev–Trinajstić information content (AvgIpc) is 3.39. The number of allylic oxidation sites excluding steroid dienone is 3. The zero-order valence-corrected chi connectivity index (χ0v) is 48.2. The van der Waals surface area contributed by atoms with Crippen molar-refractivity contribution in [3.63, 3.8) is 0 Å². The quantitative estimate of drug-likeness (QED) is 0.0261. The lowest BCUT2D eigenvalue weighted by molar-refractivity contribution is -0.302. The van der Waals surface area contributed by atoms with Crippen LogP contribution in [0.25, 0.3) is 0 Å². The molecule has 0 saturated carbocycles. The summed E-state index contributed by atoms with van der Waals surface area (Å²) in [5.74, 6) is -0.180. The zero-order valence-electron chi connectivity index (χ0n) is 48.2. The van der Waals surface area contributed by atoms with Gasteiger partial charge in [-0.15, -0.1) is 0 Å². The summed E-state index contributed by atoms with van der Waals surface area (Å²) in [6, 6.07) is -0.819. The van der Waals surface area contributed by atoms with Crippen LogP contribution >= 0.6 is 0 Å². The van der Waals surface area contributed by atoms with Gasteiger partial charge in [0.2, 0.25) is 5.91 Å². The van der Waals surface area contributed by atoms with Gasteiger partial charge in [-0.1, -0.05) is 308 Å². The number of unbranched alkanes of at least 4 members (excludes halogenated alkanes) is 44. The summed E-state index contributed by atoms with van der Waals surface area (Å²) in [5.41, 5.74) is 0. The molecule has 432 valence electrons. The van der Waals surface area contributed by atoms with Gasteiger partial charge in [-0.05, 0) is 32.1 Å². The Kier molecular flexibility index (Phi) is 51.6. The summed E-state index contributed by atoms with van der Waals surface area (Å²) < 4.78 is 11.3. The Bertz CT molecular complexity index is 1200. The number of amides is 1. The maximum Gasteiger partial charge on any atom is 0.220 e. The van der Waals surface area contributed by atoms with E-state index in [1.165, 1.54) is 263 Å². The van der Waals surface area contributed by atoms with Gasteiger partial charge in [-0.25, -0.2) is 0 Å². The standard InChI is InChI=1S/C64H123NO8/c1-3-5-7-9-11-13-15-17-19-21-23-25-26-27-28-29-30-31-32-33-34-35-37-39-41-43-45-47-49-51-53-58(67)57(56-72-64-63(71)62(70)61(69)59(55-66)73-64)65-60(68)54-52-50-48-46-44-42-40-38-36-24-22-20-18-16-14-12-10-8-6-4-2/h43,45,51,53,57-59,61-64,66-67,69-71H,3-42,44,46-50,52,54-56H2,1-2H3,(H,65,68)/b45-43+,53-51+. The smallest absolute Gasteiger partial charge is 0.220 e. The van der Waals surface area contributed by atoms with Crippen LogP contribution in [-0.2, 0) is 14.3 Å². The molecule has 1 heterocycles. The fourth-order valence-electron chi connectivity index (χ4n) is 10.5. The van der Waals surface area contributed by atoms with Gasteiger partial charge in [0.25, 0.3) is 0 Å². The minimum Gasteiger partial charge on any atom is -0.394 e. The summed E-state index contributed by atoms with van der Waals surface area (Å²) in [7, 11) is 0. The molecular formula is C64H123NO8. The lowest BCUT2D eigenvalue weighted by Crippen LogP contribution is -2.60. The Morgan fingerprint density at radius 1 is 0.452 bits per heavy atom. The molecule has 1 rings (SSSR count). The fraction of sp³-hybridized carbons (Fsp3) is 0.922. The Labute approximate surface area is 451 Å². The van der Waals surface area contributed by atoms with Gasteiger partial charge in [0.1, 0.15) is 24.4 Å². The number of carbonyl (C=O) groups is 1. The number of carbonyl (C=O) groups excluding carboxylic acids is 1. The van der Waals surface area contributed by atoms with Crippen LogP contribution in [-0.4, -0.2) is 87.5 Å². The van der Waals surface area contributed by atoms with Crippen molar-refractivity contribution in [2.75, 3.05) is 13.2 Å². The Morgan fingerprint density at radius 3 is 1.15 bits per heavy atom. The van der Waals surface area contributed by atoms with E-state index < -0.39 is 49.5 Å². The monoisotopic (exact) mass is 1030 g/mol. The third-order valence-electron chi connectivity index (χ3n) is 15.5. The topological polar surface area (TPSA) is 149 Å². The van der Waals surface area contributed by atoms with Crippen LogP contribution in [0.5, 0.6) is 0 Å². The molecule has 1 aliphatic rings. The van der Waals surface area contributed by atoms with E-state index in [4.69, 9.17) is 9.47 Å². The van der Waals surface area contributed by atoms with Gasteiger partial charge in [0, 0.05) is 6.42 Å². The highest BCUT2D eigenvalue weighted by molar-refractivity contribution is 5.76. The normalized spacial score (nSPS) is 19.1. The third kappa shape index (κ3) is 43.4. The van der Waals surface area contributed by atoms with Gasteiger partial charge >= 0.3 is 0 Å². The van der Waals surface area contributed by atoms with E-state index in [-0.39, 0.29) is 12.5 Å². The van der Waals surface area contributed by atoms with Crippen molar-refractivity contribution in [3.05, 3.63) is 24.3 Å². The van der Waals surface area contributed by atoms with E-state index in [1.807, 2.05) is 6.08 Å². The minimum absolute atomic E-state index is 0.180.